The topological polar surface area (TPSA) is 61.6 Å². The van der Waals surface area contributed by atoms with Gasteiger partial charge in [-0.15, -0.1) is 0 Å². The fourth-order valence-electron chi connectivity index (χ4n) is 1.63. The van der Waals surface area contributed by atoms with Crippen molar-refractivity contribution < 1.29 is 0 Å². The predicted molar refractivity (Wildman–Crippen MR) is 72.6 cm³/mol. The predicted octanol–water partition coefficient (Wildman–Crippen LogP) is 3.37. The van der Waals surface area contributed by atoms with Crippen LogP contribution in [0.2, 0.25) is 5.15 Å². The summed E-state index contributed by atoms with van der Waals surface area (Å²) in [4.78, 5) is 8.31. The van der Waals surface area contributed by atoms with Gasteiger partial charge in [0.25, 0.3) is 0 Å². The van der Waals surface area contributed by atoms with Gasteiger partial charge in [-0.1, -0.05) is 11.6 Å². The third-order valence-electron chi connectivity index (χ3n) is 2.29. The fourth-order valence-corrected chi connectivity index (χ4v) is 1.79. The van der Waals surface area contributed by atoms with Crippen LogP contribution in [0, 0.1) is 11.3 Å². The number of hydrogen-bond donors (Lipinski definition) is 1. The van der Waals surface area contributed by atoms with Gasteiger partial charge in [-0.05, 0) is 32.9 Å². The molecule has 0 saturated carbocycles. The lowest BCUT2D eigenvalue weighted by Gasteiger charge is -2.22. The molecule has 0 fully saturated rings. The molecular weight excluding hydrogens is 248 g/mol. The van der Waals surface area contributed by atoms with E-state index in [4.69, 9.17) is 16.9 Å². The van der Waals surface area contributed by atoms with Gasteiger partial charge in [0.05, 0.1) is 0 Å². The Labute approximate surface area is 111 Å². The summed E-state index contributed by atoms with van der Waals surface area (Å²) in [6.07, 6.45) is 1.65. The van der Waals surface area contributed by atoms with Gasteiger partial charge < -0.3 is 5.32 Å². The molecule has 2 heterocycles. The molecule has 2 aromatic heterocycles. The zero-order valence-electron chi connectivity index (χ0n) is 10.5. The van der Waals surface area contributed by atoms with Gasteiger partial charge in [0.1, 0.15) is 22.7 Å². The third-order valence-corrected chi connectivity index (χ3v) is 2.50. The molecule has 0 radical (unpaired) electrons. The summed E-state index contributed by atoms with van der Waals surface area (Å²) in [7, 11) is 0. The lowest BCUT2D eigenvalue weighted by molar-refractivity contribution is 0.631. The Morgan fingerprint density at radius 1 is 1.33 bits per heavy atom. The summed E-state index contributed by atoms with van der Waals surface area (Å²) in [6, 6.07) is 5.50. The molecule has 4 nitrogen and oxygen atoms in total. The molecule has 0 bridgehead atoms. The van der Waals surface area contributed by atoms with Gasteiger partial charge in [-0.2, -0.15) is 5.26 Å². The monoisotopic (exact) mass is 260 g/mol. The molecule has 18 heavy (non-hydrogen) atoms. The van der Waals surface area contributed by atoms with Gasteiger partial charge in [-0.25, -0.2) is 9.97 Å². The molecule has 0 amide bonds. The van der Waals surface area contributed by atoms with Crippen LogP contribution in [0.5, 0.6) is 0 Å². The highest BCUT2D eigenvalue weighted by molar-refractivity contribution is 6.30. The number of halogens is 1. The van der Waals surface area contributed by atoms with Crippen molar-refractivity contribution in [2.75, 3.05) is 5.32 Å². The van der Waals surface area contributed by atoms with Crippen LogP contribution in [0.1, 0.15) is 26.5 Å². The maximum absolute atomic E-state index is 8.99. The van der Waals surface area contributed by atoms with Crippen molar-refractivity contribution in [3.8, 4) is 6.07 Å². The number of nitriles is 1. The van der Waals surface area contributed by atoms with E-state index in [0.717, 1.165) is 10.8 Å². The lowest BCUT2D eigenvalue weighted by Crippen LogP contribution is -2.27. The average molecular weight is 261 g/mol. The van der Waals surface area contributed by atoms with E-state index in [2.05, 4.69) is 15.3 Å². The molecule has 92 valence electrons. The maximum atomic E-state index is 8.99. The van der Waals surface area contributed by atoms with Crippen LogP contribution in [-0.2, 0) is 0 Å². The highest BCUT2D eigenvalue weighted by Crippen LogP contribution is 2.26. The Balaban J connectivity index is 2.68. The van der Waals surface area contributed by atoms with Crippen LogP contribution in [0.3, 0.4) is 0 Å². The fraction of sp³-hybridized carbons (Fsp3) is 0.308. The first-order valence-corrected chi connectivity index (χ1v) is 5.91. The summed E-state index contributed by atoms with van der Waals surface area (Å²) < 4.78 is 0. The van der Waals surface area contributed by atoms with Crippen molar-refractivity contribution in [1.82, 2.24) is 9.97 Å². The van der Waals surface area contributed by atoms with Gasteiger partial charge in [0, 0.05) is 22.5 Å². The minimum Gasteiger partial charge on any atom is -0.365 e. The van der Waals surface area contributed by atoms with Crippen molar-refractivity contribution in [2.24, 2.45) is 0 Å². The first kappa shape index (κ1) is 12.6. The van der Waals surface area contributed by atoms with Crippen LogP contribution < -0.4 is 5.32 Å². The van der Waals surface area contributed by atoms with Gasteiger partial charge in [0.15, 0.2) is 0 Å². The zero-order valence-corrected chi connectivity index (χ0v) is 11.2. The second-order valence-electron chi connectivity index (χ2n) is 5.07. The molecule has 0 unspecified atom stereocenters. The smallest absolute Gasteiger partial charge is 0.143 e. The number of nitrogens with one attached hydrogen (secondary N) is 1. The van der Waals surface area contributed by atoms with Crippen molar-refractivity contribution in [1.29, 1.82) is 5.26 Å². The average Bonchev–Trinajstić information content (AvgIpc) is 2.27. The highest BCUT2D eigenvalue weighted by Gasteiger charge is 2.14. The summed E-state index contributed by atoms with van der Waals surface area (Å²) in [5.74, 6) is 0.654. The van der Waals surface area contributed by atoms with E-state index < -0.39 is 0 Å². The lowest BCUT2D eigenvalue weighted by atomic mass is 10.1. The summed E-state index contributed by atoms with van der Waals surface area (Å²) >= 11 is 5.90. The molecule has 1 N–H and O–H groups in total. The van der Waals surface area contributed by atoms with Crippen molar-refractivity contribution >= 4 is 28.2 Å². The van der Waals surface area contributed by atoms with E-state index in [9.17, 15) is 0 Å². The minimum absolute atomic E-state index is 0.149. The number of nitrogens with zero attached hydrogens (tertiary/aromatic N) is 3. The Kier molecular flexibility index (Phi) is 3.10. The SMILES string of the molecule is CC(C)(C)Nc1nc(C#N)cc2cnc(Cl)cc12. The second kappa shape index (κ2) is 4.43. The van der Waals surface area contributed by atoms with Crippen LogP contribution in [0.25, 0.3) is 10.8 Å². The number of fused-ring (bicyclic) bond motifs is 1. The summed E-state index contributed by atoms with van der Waals surface area (Å²) in [5, 5.41) is 14.4. The Bertz CT molecular complexity index is 638. The molecule has 0 atom stereocenters. The van der Waals surface area contributed by atoms with E-state index in [-0.39, 0.29) is 5.54 Å². The van der Waals surface area contributed by atoms with E-state index in [1.54, 1.807) is 18.3 Å². The van der Waals surface area contributed by atoms with Gasteiger partial charge in [-0.3, -0.25) is 0 Å². The summed E-state index contributed by atoms with van der Waals surface area (Å²) in [6.45, 7) is 6.09. The van der Waals surface area contributed by atoms with Crippen LogP contribution in [0.15, 0.2) is 18.3 Å². The Hall–Kier alpha value is -1.86. The first-order chi connectivity index (χ1) is 8.39. The molecule has 0 aliphatic carbocycles. The van der Waals surface area contributed by atoms with Crippen LogP contribution in [-0.4, -0.2) is 15.5 Å². The van der Waals surface area contributed by atoms with Crippen molar-refractivity contribution in [3.05, 3.63) is 29.2 Å². The number of hydrogen-bond acceptors (Lipinski definition) is 4. The quantitative estimate of drug-likeness (QED) is 0.799. The molecule has 2 rings (SSSR count). The summed E-state index contributed by atoms with van der Waals surface area (Å²) in [5.41, 5.74) is 0.211. The first-order valence-electron chi connectivity index (χ1n) is 5.53. The minimum atomic E-state index is -0.149. The van der Waals surface area contributed by atoms with Gasteiger partial charge >= 0.3 is 0 Å². The third kappa shape index (κ3) is 2.69. The normalized spacial score (nSPS) is 11.3. The number of pyridine rings is 2. The molecule has 0 aliphatic heterocycles. The zero-order chi connectivity index (χ0) is 13.3. The maximum Gasteiger partial charge on any atom is 0.143 e. The molecule has 0 saturated heterocycles. The van der Waals surface area contributed by atoms with E-state index >= 15 is 0 Å². The second-order valence-corrected chi connectivity index (χ2v) is 5.46. The van der Waals surface area contributed by atoms with E-state index in [1.165, 1.54) is 0 Å². The largest absolute Gasteiger partial charge is 0.365 e. The molecule has 0 aliphatic rings. The molecular formula is C13H13ClN4. The van der Waals surface area contributed by atoms with Crippen molar-refractivity contribution in [3.63, 3.8) is 0 Å². The molecule has 5 heteroatoms. The Morgan fingerprint density at radius 2 is 2.06 bits per heavy atom. The molecule has 0 spiro atoms. The highest BCUT2D eigenvalue weighted by atomic mass is 35.5. The van der Waals surface area contributed by atoms with Crippen LogP contribution >= 0.6 is 11.6 Å². The Morgan fingerprint density at radius 3 is 2.67 bits per heavy atom. The number of anilines is 1. The van der Waals surface area contributed by atoms with E-state index in [1.807, 2.05) is 26.8 Å². The van der Waals surface area contributed by atoms with Gasteiger partial charge in [0.2, 0.25) is 0 Å². The van der Waals surface area contributed by atoms with E-state index in [0.29, 0.717) is 16.7 Å². The molecule has 2 aromatic rings. The standard InChI is InChI=1S/C13H13ClN4/c1-13(2,3)18-12-10-5-11(14)16-7-8(10)4-9(6-15)17-12/h4-5,7H,1-3H3,(H,17,18). The number of aromatic nitrogens is 2. The van der Waals surface area contributed by atoms with Crippen molar-refractivity contribution in [2.45, 2.75) is 26.3 Å². The molecule has 0 aromatic carbocycles. The number of rotatable bonds is 1. The van der Waals surface area contributed by atoms with Crippen LogP contribution in [0.4, 0.5) is 5.82 Å².